The molecule has 2 rings (SSSR count). The van der Waals surface area contributed by atoms with Crippen LogP contribution < -0.4 is 5.73 Å². The summed E-state index contributed by atoms with van der Waals surface area (Å²) in [5.41, 5.74) is 8.20. The van der Waals surface area contributed by atoms with Crippen LogP contribution in [0.1, 0.15) is 43.9 Å². The quantitative estimate of drug-likeness (QED) is 0.878. The van der Waals surface area contributed by atoms with Gasteiger partial charge in [-0.2, -0.15) is 0 Å². The van der Waals surface area contributed by atoms with Crippen LogP contribution in [0.4, 0.5) is 0 Å². The molecule has 0 radical (unpaired) electrons. The zero-order valence-corrected chi connectivity index (χ0v) is 12.3. The molecule has 0 aliphatic carbocycles. The van der Waals surface area contributed by atoms with Gasteiger partial charge in [-0.3, -0.25) is 4.90 Å². The van der Waals surface area contributed by atoms with Gasteiger partial charge in [0.25, 0.3) is 0 Å². The Labute approximate surface area is 116 Å². The summed E-state index contributed by atoms with van der Waals surface area (Å²) in [5, 5.41) is 10.3. The standard InChI is InChI=1S/C16H26N2O/c1-12-7-4-5-8-14(12)15(13(2)17)18-10-6-9-16(3,19)11-18/h4-5,7-8,13,15,19H,6,9-11,17H2,1-3H3. The van der Waals surface area contributed by atoms with E-state index in [-0.39, 0.29) is 12.1 Å². The molecule has 0 amide bonds. The first-order valence-corrected chi connectivity index (χ1v) is 7.18. The highest BCUT2D eigenvalue weighted by Gasteiger charge is 2.34. The molecule has 0 bridgehead atoms. The average molecular weight is 262 g/mol. The van der Waals surface area contributed by atoms with E-state index in [0.29, 0.717) is 6.54 Å². The van der Waals surface area contributed by atoms with Crippen LogP contribution in [-0.2, 0) is 0 Å². The zero-order valence-electron chi connectivity index (χ0n) is 12.3. The van der Waals surface area contributed by atoms with E-state index in [1.54, 1.807) is 0 Å². The second-order valence-electron chi connectivity index (χ2n) is 6.23. The topological polar surface area (TPSA) is 49.5 Å². The highest BCUT2D eigenvalue weighted by Crippen LogP contribution is 2.31. The van der Waals surface area contributed by atoms with Crippen LogP contribution >= 0.6 is 0 Å². The normalized spacial score (nSPS) is 28.1. The molecule has 3 atom stereocenters. The number of likely N-dealkylation sites (tertiary alicyclic amines) is 1. The molecule has 3 N–H and O–H groups in total. The third-order valence-electron chi connectivity index (χ3n) is 4.10. The summed E-state index contributed by atoms with van der Waals surface area (Å²) in [6.07, 6.45) is 1.91. The van der Waals surface area contributed by atoms with Crippen molar-refractivity contribution in [2.24, 2.45) is 5.73 Å². The van der Waals surface area contributed by atoms with Crippen LogP contribution in [0.5, 0.6) is 0 Å². The fraction of sp³-hybridized carbons (Fsp3) is 0.625. The van der Waals surface area contributed by atoms with Crippen LogP contribution in [0.15, 0.2) is 24.3 Å². The van der Waals surface area contributed by atoms with Crippen molar-refractivity contribution in [1.82, 2.24) is 4.90 Å². The first kappa shape index (κ1) is 14.5. The summed E-state index contributed by atoms with van der Waals surface area (Å²) < 4.78 is 0. The van der Waals surface area contributed by atoms with Crippen molar-refractivity contribution in [3.63, 3.8) is 0 Å². The largest absolute Gasteiger partial charge is 0.389 e. The Balaban J connectivity index is 2.28. The van der Waals surface area contributed by atoms with E-state index < -0.39 is 5.60 Å². The molecular formula is C16H26N2O. The molecule has 19 heavy (non-hydrogen) atoms. The number of aliphatic hydroxyl groups is 1. The smallest absolute Gasteiger partial charge is 0.0746 e. The number of rotatable bonds is 3. The van der Waals surface area contributed by atoms with Gasteiger partial charge in [0.2, 0.25) is 0 Å². The van der Waals surface area contributed by atoms with E-state index >= 15 is 0 Å². The van der Waals surface area contributed by atoms with Crippen LogP contribution in [0.2, 0.25) is 0 Å². The Hall–Kier alpha value is -0.900. The van der Waals surface area contributed by atoms with E-state index in [0.717, 1.165) is 19.4 Å². The van der Waals surface area contributed by atoms with Crippen molar-refractivity contribution in [2.45, 2.75) is 51.3 Å². The first-order chi connectivity index (χ1) is 8.91. The number of β-amino-alcohol motifs (C(OH)–C–C–N with tert-alkyl or cyclic N) is 1. The molecular weight excluding hydrogens is 236 g/mol. The molecule has 1 aromatic rings. The van der Waals surface area contributed by atoms with Gasteiger partial charge in [0.1, 0.15) is 0 Å². The van der Waals surface area contributed by atoms with Crippen molar-refractivity contribution in [1.29, 1.82) is 0 Å². The molecule has 106 valence electrons. The lowest BCUT2D eigenvalue weighted by Gasteiger charge is -2.43. The SMILES string of the molecule is Cc1ccccc1C(C(C)N)N1CCCC(C)(O)C1. The third-order valence-corrected chi connectivity index (χ3v) is 4.10. The van der Waals surface area contributed by atoms with Gasteiger partial charge in [0, 0.05) is 18.6 Å². The van der Waals surface area contributed by atoms with E-state index in [4.69, 9.17) is 5.73 Å². The number of hydrogen-bond donors (Lipinski definition) is 2. The molecule has 3 unspecified atom stereocenters. The molecule has 1 heterocycles. The minimum Gasteiger partial charge on any atom is -0.389 e. The first-order valence-electron chi connectivity index (χ1n) is 7.18. The zero-order chi connectivity index (χ0) is 14.0. The highest BCUT2D eigenvalue weighted by atomic mass is 16.3. The van der Waals surface area contributed by atoms with Crippen molar-refractivity contribution >= 4 is 0 Å². The molecule has 1 aliphatic heterocycles. The predicted octanol–water partition coefficient (Wildman–Crippen LogP) is 2.23. The summed E-state index contributed by atoms with van der Waals surface area (Å²) >= 11 is 0. The number of nitrogens with two attached hydrogens (primary N) is 1. The lowest BCUT2D eigenvalue weighted by molar-refractivity contribution is -0.0334. The summed E-state index contributed by atoms with van der Waals surface area (Å²) in [5.74, 6) is 0. The number of hydrogen-bond acceptors (Lipinski definition) is 3. The van der Waals surface area contributed by atoms with E-state index in [1.807, 2.05) is 6.92 Å². The molecule has 1 aromatic carbocycles. The minimum atomic E-state index is -0.589. The van der Waals surface area contributed by atoms with Gasteiger partial charge in [-0.05, 0) is 51.3 Å². The maximum atomic E-state index is 10.3. The number of piperidine rings is 1. The molecule has 3 heteroatoms. The van der Waals surface area contributed by atoms with Gasteiger partial charge in [-0.15, -0.1) is 0 Å². The summed E-state index contributed by atoms with van der Waals surface area (Å²) in [4.78, 5) is 2.34. The molecule has 0 saturated carbocycles. The van der Waals surface area contributed by atoms with Gasteiger partial charge in [0.05, 0.1) is 5.60 Å². The Morgan fingerprint density at radius 2 is 2.05 bits per heavy atom. The molecule has 1 fully saturated rings. The highest BCUT2D eigenvalue weighted by molar-refractivity contribution is 5.30. The summed E-state index contributed by atoms with van der Waals surface area (Å²) in [6.45, 7) is 7.83. The predicted molar refractivity (Wildman–Crippen MR) is 79.0 cm³/mol. The van der Waals surface area contributed by atoms with Crippen LogP contribution in [0, 0.1) is 6.92 Å². The number of nitrogens with zero attached hydrogens (tertiary/aromatic N) is 1. The van der Waals surface area contributed by atoms with E-state index in [2.05, 4.69) is 43.0 Å². The van der Waals surface area contributed by atoms with E-state index in [1.165, 1.54) is 11.1 Å². The van der Waals surface area contributed by atoms with Gasteiger partial charge in [0.15, 0.2) is 0 Å². The molecule has 1 aliphatic rings. The Morgan fingerprint density at radius 1 is 1.37 bits per heavy atom. The van der Waals surface area contributed by atoms with Crippen molar-refractivity contribution in [3.8, 4) is 0 Å². The third kappa shape index (κ3) is 3.35. The monoisotopic (exact) mass is 262 g/mol. The second kappa shape index (κ2) is 5.61. The van der Waals surface area contributed by atoms with Crippen molar-refractivity contribution < 1.29 is 5.11 Å². The Bertz CT molecular complexity index is 429. The van der Waals surface area contributed by atoms with Gasteiger partial charge in [-0.1, -0.05) is 24.3 Å². The van der Waals surface area contributed by atoms with E-state index in [9.17, 15) is 5.11 Å². The van der Waals surface area contributed by atoms with Gasteiger partial charge >= 0.3 is 0 Å². The molecule has 3 nitrogen and oxygen atoms in total. The lowest BCUT2D eigenvalue weighted by atomic mass is 9.89. The average Bonchev–Trinajstić information content (AvgIpc) is 2.30. The van der Waals surface area contributed by atoms with Crippen LogP contribution in [-0.4, -0.2) is 34.7 Å². The lowest BCUT2D eigenvalue weighted by Crippen LogP contribution is -2.51. The van der Waals surface area contributed by atoms with Crippen molar-refractivity contribution in [2.75, 3.05) is 13.1 Å². The minimum absolute atomic E-state index is 0.0509. The number of benzene rings is 1. The van der Waals surface area contributed by atoms with Gasteiger partial charge < -0.3 is 10.8 Å². The number of aryl methyl sites for hydroxylation is 1. The Morgan fingerprint density at radius 3 is 2.63 bits per heavy atom. The summed E-state index contributed by atoms with van der Waals surface area (Å²) in [7, 11) is 0. The maximum absolute atomic E-state index is 10.3. The fourth-order valence-electron chi connectivity index (χ4n) is 3.23. The van der Waals surface area contributed by atoms with Crippen molar-refractivity contribution in [3.05, 3.63) is 35.4 Å². The molecule has 0 aromatic heterocycles. The fourth-order valence-corrected chi connectivity index (χ4v) is 3.23. The van der Waals surface area contributed by atoms with Gasteiger partial charge in [-0.25, -0.2) is 0 Å². The molecule has 0 spiro atoms. The summed E-state index contributed by atoms with van der Waals surface area (Å²) in [6, 6.07) is 8.66. The van der Waals surface area contributed by atoms with Crippen LogP contribution in [0.3, 0.4) is 0 Å². The second-order valence-corrected chi connectivity index (χ2v) is 6.23. The Kier molecular flexibility index (Phi) is 4.29. The molecule has 1 saturated heterocycles. The van der Waals surface area contributed by atoms with Crippen LogP contribution in [0.25, 0.3) is 0 Å². The maximum Gasteiger partial charge on any atom is 0.0746 e.